The lowest BCUT2D eigenvalue weighted by molar-refractivity contribution is -0.0247. The fraction of sp³-hybridized carbons (Fsp3) is 0.640. The zero-order valence-electron chi connectivity index (χ0n) is 20.9. The smallest absolute Gasteiger partial charge is 0.410 e. The first-order valence-electron chi connectivity index (χ1n) is 11.9. The molecular formula is C25H37BrN4O3. The highest BCUT2D eigenvalue weighted by atomic mass is 79.9. The van der Waals surface area contributed by atoms with Gasteiger partial charge >= 0.3 is 6.09 Å². The zero-order valence-corrected chi connectivity index (χ0v) is 22.5. The van der Waals surface area contributed by atoms with Crippen LogP contribution in [-0.2, 0) is 11.3 Å². The molecule has 1 unspecified atom stereocenters. The first-order valence-corrected chi connectivity index (χ1v) is 12.7. The number of piperazine rings is 1. The molecule has 7 nitrogen and oxygen atoms in total. The summed E-state index contributed by atoms with van der Waals surface area (Å²) < 4.78 is 8.38. The Hall–Kier alpha value is -1.93. The first kappa shape index (κ1) is 25.7. The molecule has 0 saturated carbocycles. The highest BCUT2D eigenvalue weighted by Gasteiger charge is 2.38. The number of carbonyl (C=O) groups is 1. The second-order valence-corrected chi connectivity index (χ2v) is 10.9. The van der Waals surface area contributed by atoms with Crippen LogP contribution in [0, 0.1) is 0 Å². The Morgan fingerprint density at radius 1 is 1.21 bits per heavy atom. The van der Waals surface area contributed by atoms with Crippen molar-refractivity contribution in [2.24, 2.45) is 0 Å². The van der Waals surface area contributed by atoms with Crippen molar-refractivity contribution in [3.63, 3.8) is 0 Å². The summed E-state index contributed by atoms with van der Waals surface area (Å²) >= 11 is 3.51. The number of halogens is 1. The number of fused-ring (bicyclic) bond motifs is 1. The molecule has 2 heterocycles. The molecule has 0 N–H and O–H groups in total. The van der Waals surface area contributed by atoms with E-state index in [4.69, 9.17) is 9.72 Å². The van der Waals surface area contributed by atoms with Gasteiger partial charge < -0.3 is 9.64 Å². The summed E-state index contributed by atoms with van der Waals surface area (Å²) in [6.07, 6.45) is 1.58. The van der Waals surface area contributed by atoms with Crippen LogP contribution >= 0.6 is 15.9 Å². The minimum atomic E-state index is -0.529. The molecule has 0 radical (unpaired) electrons. The van der Waals surface area contributed by atoms with Crippen LogP contribution in [-0.4, -0.2) is 56.2 Å². The Balaban J connectivity index is 1.98. The molecule has 0 bridgehead atoms. The van der Waals surface area contributed by atoms with Gasteiger partial charge in [0.2, 0.25) is 0 Å². The number of benzene rings is 1. The number of aromatic nitrogens is 2. The Bertz CT molecular complexity index is 1050. The SMILES string of the molecule is CCCC(c1nc2cc(Br)ccc2c(=O)n1CC)N1C[C@@H](C)N(C(=O)OC(C)(C)C)[C@@H](C)C1. The van der Waals surface area contributed by atoms with E-state index in [0.717, 1.165) is 23.1 Å². The molecule has 1 fully saturated rings. The van der Waals surface area contributed by atoms with Gasteiger partial charge in [0.1, 0.15) is 11.4 Å². The van der Waals surface area contributed by atoms with E-state index in [9.17, 15) is 9.59 Å². The van der Waals surface area contributed by atoms with Gasteiger partial charge in [-0.05, 0) is 66.2 Å². The number of nitrogens with zero attached hydrogens (tertiary/aromatic N) is 4. The number of carbonyl (C=O) groups excluding carboxylic acids is 1. The molecule has 8 heteroatoms. The van der Waals surface area contributed by atoms with E-state index in [2.05, 4.69) is 41.6 Å². The summed E-state index contributed by atoms with van der Waals surface area (Å²) in [7, 11) is 0. The van der Waals surface area contributed by atoms with Gasteiger partial charge in [0.15, 0.2) is 0 Å². The quantitative estimate of drug-likeness (QED) is 0.531. The third kappa shape index (κ3) is 5.60. The molecule has 1 aliphatic rings. The normalized spacial score (nSPS) is 20.8. The minimum absolute atomic E-state index is 0.000379. The lowest BCUT2D eigenvalue weighted by Crippen LogP contribution is -2.60. The van der Waals surface area contributed by atoms with Crippen LogP contribution < -0.4 is 5.56 Å². The summed E-state index contributed by atoms with van der Waals surface area (Å²) in [6, 6.07) is 5.60. The van der Waals surface area contributed by atoms with Crippen molar-refractivity contribution in [3.8, 4) is 0 Å². The van der Waals surface area contributed by atoms with E-state index in [-0.39, 0.29) is 29.8 Å². The van der Waals surface area contributed by atoms with E-state index in [1.54, 1.807) is 0 Å². The van der Waals surface area contributed by atoms with Gasteiger partial charge in [0.05, 0.1) is 16.9 Å². The van der Waals surface area contributed by atoms with E-state index < -0.39 is 5.60 Å². The van der Waals surface area contributed by atoms with Gasteiger partial charge in [-0.3, -0.25) is 14.3 Å². The van der Waals surface area contributed by atoms with Crippen LogP contribution in [0.25, 0.3) is 10.9 Å². The predicted molar refractivity (Wildman–Crippen MR) is 136 cm³/mol. The molecule has 1 aliphatic heterocycles. The maximum absolute atomic E-state index is 13.3. The average Bonchev–Trinajstić information content (AvgIpc) is 2.69. The molecule has 33 heavy (non-hydrogen) atoms. The molecule has 1 amide bonds. The average molecular weight is 522 g/mol. The van der Waals surface area contributed by atoms with Gasteiger partial charge in [-0.15, -0.1) is 0 Å². The Morgan fingerprint density at radius 3 is 2.39 bits per heavy atom. The Kier molecular flexibility index (Phi) is 7.89. The van der Waals surface area contributed by atoms with Gasteiger partial charge in [0, 0.05) is 36.2 Å². The molecule has 0 aliphatic carbocycles. The van der Waals surface area contributed by atoms with Crippen LogP contribution in [0.3, 0.4) is 0 Å². The molecule has 2 aromatic rings. The molecule has 1 aromatic heterocycles. The summed E-state index contributed by atoms with van der Waals surface area (Å²) in [6.45, 7) is 15.9. The topological polar surface area (TPSA) is 67.7 Å². The van der Waals surface area contributed by atoms with Crippen LogP contribution in [0.1, 0.15) is 73.2 Å². The number of amides is 1. The maximum atomic E-state index is 13.3. The molecular weight excluding hydrogens is 484 g/mol. The van der Waals surface area contributed by atoms with Crippen LogP contribution in [0.5, 0.6) is 0 Å². The summed E-state index contributed by atoms with van der Waals surface area (Å²) in [5.41, 5.74) is 0.182. The number of ether oxygens (including phenoxy) is 1. The summed E-state index contributed by atoms with van der Waals surface area (Å²) in [4.78, 5) is 35.4. The van der Waals surface area contributed by atoms with Gasteiger partial charge in [-0.1, -0.05) is 29.3 Å². The van der Waals surface area contributed by atoms with Crippen molar-refractivity contribution in [1.82, 2.24) is 19.4 Å². The highest BCUT2D eigenvalue weighted by Crippen LogP contribution is 2.30. The predicted octanol–water partition coefficient (Wildman–Crippen LogP) is 5.35. The molecule has 0 spiro atoms. The highest BCUT2D eigenvalue weighted by molar-refractivity contribution is 9.10. The number of hydrogen-bond donors (Lipinski definition) is 0. The lowest BCUT2D eigenvalue weighted by atomic mass is 10.0. The summed E-state index contributed by atoms with van der Waals surface area (Å²) in [5.74, 6) is 0.806. The van der Waals surface area contributed by atoms with E-state index >= 15 is 0 Å². The van der Waals surface area contributed by atoms with Crippen molar-refractivity contribution >= 4 is 32.9 Å². The van der Waals surface area contributed by atoms with Crippen LogP contribution in [0.2, 0.25) is 0 Å². The molecule has 3 atom stereocenters. The molecule has 3 rings (SSSR count). The zero-order chi connectivity index (χ0) is 24.5. The summed E-state index contributed by atoms with van der Waals surface area (Å²) in [5, 5.41) is 0.635. The van der Waals surface area contributed by atoms with Crippen molar-refractivity contribution < 1.29 is 9.53 Å². The van der Waals surface area contributed by atoms with Crippen LogP contribution in [0.15, 0.2) is 27.5 Å². The van der Waals surface area contributed by atoms with Crippen molar-refractivity contribution in [1.29, 1.82) is 0 Å². The fourth-order valence-corrected chi connectivity index (χ4v) is 5.16. The third-order valence-corrected chi connectivity index (χ3v) is 6.61. The van der Waals surface area contributed by atoms with Crippen molar-refractivity contribution in [2.45, 2.75) is 91.6 Å². The fourth-order valence-electron chi connectivity index (χ4n) is 4.81. The standard InChI is InChI=1S/C25H37BrN4O3/c1-8-10-21(22-27-20-13-18(26)11-12-19(20)23(31)29(22)9-2)28-14-16(3)30(17(4)15-28)24(32)33-25(5,6)7/h11-13,16-17,21H,8-10,14-15H2,1-7H3/t16-,17+,21?. The molecule has 1 aromatic carbocycles. The third-order valence-electron chi connectivity index (χ3n) is 6.12. The molecule has 182 valence electrons. The van der Waals surface area contributed by atoms with Crippen molar-refractivity contribution in [3.05, 3.63) is 38.9 Å². The largest absolute Gasteiger partial charge is 0.444 e. The van der Waals surface area contributed by atoms with E-state index in [1.807, 2.05) is 55.4 Å². The van der Waals surface area contributed by atoms with Gasteiger partial charge in [-0.2, -0.15) is 0 Å². The molecule has 1 saturated heterocycles. The van der Waals surface area contributed by atoms with E-state index in [0.29, 0.717) is 30.5 Å². The van der Waals surface area contributed by atoms with E-state index in [1.165, 1.54) is 0 Å². The second-order valence-electron chi connectivity index (χ2n) is 10.0. The maximum Gasteiger partial charge on any atom is 0.410 e. The first-order chi connectivity index (χ1) is 15.5. The number of rotatable bonds is 5. The van der Waals surface area contributed by atoms with Gasteiger partial charge in [-0.25, -0.2) is 9.78 Å². The Morgan fingerprint density at radius 2 is 1.85 bits per heavy atom. The lowest BCUT2D eigenvalue weighted by Gasteiger charge is -2.47. The minimum Gasteiger partial charge on any atom is -0.444 e. The Labute approximate surface area is 205 Å². The monoisotopic (exact) mass is 520 g/mol. The van der Waals surface area contributed by atoms with Crippen molar-refractivity contribution in [2.75, 3.05) is 13.1 Å². The van der Waals surface area contributed by atoms with Gasteiger partial charge in [0.25, 0.3) is 5.56 Å². The number of hydrogen-bond acceptors (Lipinski definition) is 5. The van der Waals surface area contributed by atoms with Crippen LogP contribution in [0.4, 0.5) is 4.79 Å². The second kappa shape index (κ2) is 10.1.